The Morgan fingerprint density at radius 1 is 1.50 bits per heavy atom. The Bertz CT molecular complexity index is 138. The van der Waals surface area contributed by atoms with Crippen LogP contribution in [0.25, 0.3) is 0 Å². The first kappa shape index (κ1) is 11.1. The van der Waals surface area contributed by atoms with Crippen LogP contribution in [-0.2, 0) is 13.6 Å². The first-order chi connectivity index (χ1) is 4.10. The van der Waals surface area contributed by atoms with Gasteiger partial charge < -0.3 is 19.0 Å². The second kappa shape index (κ2) is 4.18. The number of rotatable bonds is 0. The second-order valence-electron chi connectivity index (χ2n) is 1.69. The Hall–Kier alpha value is 1.07. The van der Waals surface area contributed by atoms with E-state index in [1.165, 1.54) is 0 Å². The molecule has 0 amide bonds. The zero-order valence-electron chi connectivity index (χ0n) is 5.52. The molecule has 0 aromatic heterocycles. The molecule has 1 rings (SSSR count). The van der Waals surface area contributed by atoms with E-state index in [0.717, 1.165) is 0 Å². The van der Waals surface area contributed by atoms with Crippen LogP contribution in [0.15, 0.2) is 0 Å². The first-order valence-corrected chi connectivity index (χ1v) is 3.84. The third-order valence-electron chi connectivity index (χ3n) is 0.850. The number of hydrogen-bond donors (Lipinski definition) is 1. The summed E-state index contributed by atoms with van der Waals surface area (Å²) in [6, 6.07) is 0. The van der Waals surface area contributed by atoms with Crippen molar-refractivity contribution in [1.82, 2.24) is 0 Å². The van der Waals surface area contributed by atoms with Crippen molar-refractivity contribution in [3.05, 3.63) is 0 Å². The van der Waals surface area contributed by atoms with Crippen molar-refractivity contribution in [3.63, 3.8) is 0 Å². The molecule has 0 aromatic carbocycles. The molecule has 10 heavy (non-hydrogen) atoms. The summed E-state index contributed by atoms with van der Waals surface area (Å²) >= 11 is 0. The van der Waals surface area contributed by atoms with Gasteiger partial charge in [-0.05, 0) is 0 Å². The largest absolute Gasteiger partial charge is 1.00 e. The Labute approximate surface area is 80.2 Å². The van der Waals surface area contributed by atoms with Crippen molar-refractivity contribution < 1.29 is 53.2 Å². The topological polar surface area (TPSA) is 78.8 Å². The molecule has 1 aliphatic heterocycles. The van der Waals surface area contributed by atoms with Crippen LogP contribution in [0.3, 0.4) is 0 Å². The van der Waals surface area contributed by atoms with Crippen LogP contribution in [0.5, 0.6) is 0 Å². The van der Waals surface area contributed by atoms with Gasteiger partial charge in [0.05, 0.1) is 13.2 Å². The molecule has 1 aliphatic rings. The van der Waals surface area contributed by atoms with Gasteiger partial charge in [0.15, 0.2) is 0 Å². The predicted molar refractivity (Wildman–Crippen MR) is 25.5 cm³/mol. The SMILES string of the molecule is O=P1([O-])OCC(O)CO1.[Na+]. The van der Waals surface area contributed by atoms with Crippen LogP contribution in [-0.4, -0.2) is 24.4 Å². The molecule has 0 aromatic rings. The number of aliphatic hydroxyl groups excluding tert-OH is 1. The minimum atomic E-state index is -4.03. The van der Waals surface area contributed by atoms with Crippen LogP contribution in [0.4, 0.5) is 0 Å². The van der Waals surface area contributed by atoms with Gasteiger partial charge >= 0.3 is 29.6 Å². The van der Waals surface area contributed by atoms with Crippen LogP contribution in [0.1, 0.15) is 0 Å². The Morgan fingerprint density at radius 3 is 2.20 bits per heavy atom. The Morgan fingerprint density at radius 2 is 1.90 bits per heavy atom. The normalized spacial score (nSPS) is 40.4. The van der Waals surface area contributed by atoms with E-state index in [2.05, 4.69) is 9.05 Å². The number of phosphoric ester groups is 1. The zero-order chi connectivity index (χ0) is 6.91. The summed E-state index contributed by atoms with van der Waals surface area (Å²) in [4.78, 5) is 10.3. The predicted octanol–water partition coefficient (Wildman–Crippen LogP) is -4.13. The van der Waals surface area contributed by atoms with Crippen LogP contribution < -0.4 is 34.5 Å². The molecule has 0 bridgehead atoms. The van der Waals surface area contributed by atoms with E-state index in [4.69, 9.17) is 5.11 Å². The maximum atomic E-state index is 10.3. The van der Waals surface area contributed by atoms with Crippen LogP contribution in [0, 0.1) is 0 Å². The molecule has 0 radical (unpaired) electrons. The van der Waals surface area contributed by atoms with Crippen LogP contribution in [0.2, 0.25) is 0 Å². The average molecular weight is 176 g/mol. The minimum absolute atomic E-state index is 0. The van der Waals surface area contributed by atoms with E-state index in [1.807, 2.05) is 0 Å². The third-order valence-corrected chi connectivity index (χ3v) is 1.78. The molecular formula is C3H6NaO5P. The fourth-order valence-electron chi connectivity index (χ4n) is 0.440. The molecule has 1 heterocycles. The van der Waals surface area contributed by atoms with E-state index in [0.29, 0.717) is 0 Å². The summed E-state index contributed by atoms with van der Waals surface area (Å²) in [7, 11) is -4.03. The summed E-state index contributed by atoms with van der Waals surface area (Å²) in [6.07, 6.45) is -0.818. The van der Waals surface area contributed by atoms with Gasteiger partial charge in [-0.1, -0.05) is 0 Å². The molecule has 1 saturated heterocycles. The summed E-state index contributed by atoms with van der Waals surface area (Å²) in [5.41, 5.74) is 0. The van der Waals surface area contributed by atoms with Gasteiger partial charge in [-0.2, -0.15) is 0 Å². The molecular weight excluding hydrogens is 170 g/mol. The van der Waals surface area contributed by atoms with Gasteiger partial charge in [-0.25, -0.2) is 0 Å². The Kier molecular flexibility index (Phi) is 4.63. The van der Waals surface area contributed by atoms with Crippen molar-refractivity contribution >= 4 is 7.82 Å². The van der Waals surface area contributed by atoms with E-state index in [9.17, 15) is 9.46 Å². The number of phosphoric acid groups is 1. The Balaban J connectivity index is 0.000000810. The zero-order valence-corrected chi connectivity index (χ0v) is 8.41. The molecule has 0 aliphatic carbocycles. The molecule has 7 heteroatoms. The van der Waals surface area contributed by atoms with Crippen molar-refractivity contribution in [2.24, 2.45) is 0 Å². The minimum Gasteiger partial charge on any atom is -0.756 e. The third kappa shape index (κ3) is 3.46. The van der Waals surface area contributed by atoms with Crippen molar-refractivity contribution in [3.8, 4) is 0 Å². The molecule has 54 valence electrons. The standard InChI is InChI=1S/C3H7O5P.Na/c4-3-1-7-9(5,6)8-2-3;/h3-4H,1-2H2,(H,5,6);/q;+1/p-1. The van der Waals surface area contributed by atoms with Gasteiger partial charge in [0, 0.05) is 0 Å². The first-order valence-electron chi connectivity index (χ1n) is 2.38. The van der Waals surface area contributed by atoms with Crippen molar-refractivity contribution in [2.75, 3.05) is 13.2 Å². The maximum Gasteiger partial charge on any atom is 1.00 e. The maximum absolute atomic E-state index is 10.3. The van der Waals surface area contributed by atoms with Gasteiger partial charge in [0.2, 0.25) is 0 Å². The van der Waals surface area contributed by atoms with Crippen molar-refractivity contribution in [1.29, 1.82) is 0 Å². The van der Waals surface area contributed by atoms with Gasteiger partial charge in [-0.15, -0.1) is 0 Å². The molecule has 1 fully saturated rings. The molecule has 0 spiro atoms. The number of hydrogen-bond acceptors (Lipinski definition) is 5. The summed E-state index contributed by atoms with van der Waals surface area (Å²) in [5.74, 6) is 0. The fourth-order valence-corrected chi connectivity index (χ4v) is 1.22. The summed E-state index contributed by atoms with van der Waals surface area (Å²) in [5, 5.41) is 8.63. The quantitative estimate of drug-likeness (QED) is 0.299. The average Bonchev–Trinajstić information content (AvgIpc) is 1.78. The summed E-state index contributed by atoms with van der Waals surface area (Å²) < 4.78 is 18.5. The van der Waals surface area contributed by atoms with Crippen molar-refractivity contribution in [2.45, 2.75) is 6.10 Å². The summed E-state index contributed by atoms with van der Waals surface area (Å²) in [6.45, 7) is -0.387. The van der Waals surface area contributed by atoms with E-state index >= 15 is 0 Å². The molecule has 0 atom stereocenters. The molecule has 0 unspecified atom stereocenters. The van der Waals surface area contributed by atoms with Gasteiger partial charge in [-0.3, -0.25) is 4.57 Å². The molecule has 0 saturated carbocycles. The molecule has 5 nitrogen and oxygen atoms in total. The van der Waals surface area contributed by atoms with E-state index < -0.39 is 13.9 Å². The second-order valence-corrected chi connectivity index (χ2v) is 3.10. The monoisotopic (exact) mass is 176 g/mol. The van der Waals surface area contributed by atoms with E-state index in [-0.39, 0.29) is 42.8 Å². The van der Waals surface area contributed by atoms with Gasteiger partial charge in [0.25, 0.3) is 7.82 Å². The number of aliphatic hydroxyl groups is 1. The van der Waals surface area contributed by atoms with Crippen LogP contribution >= 0.6 is 7.82 Å². The molecule has 1 N–H and O–H groups in total. The fraction of sp³-hybridized carbons (Fsp3) is 1.00. The smallest absolute Gasteiger partial charge is 0.756 e. The van der Waals surface area contributed by atoms with Gasteiger partial charge in [0.1, 0.15) is 6.10 Å². The van der Waals surface area contributed by atoms with E-state index in [1.54, 1.807) is 0 Å².